The van der Waals surface area contributed by atoms with Gasteiger partial charge in [-0.2, -0.15) is 5.26 Å². The Bertz CT molecular complexity index is 503. The molecule has 3 heteroatoms. The molecule has 0 saturated heterocycles. The van der Waals surface area contributed by atoms with Crippen molar-refractivity contribution in [1.82, 2.24) is 9.97 Å². The van der Waals surface area contributed by atoms with Crippen molar-refractivity contribution < 1.29 is 0 Å². The van der Waals surface area contributed by atoms with Gasteiger partial charge in [-0.25, -0.2) is 4.98 Å². The van der Waals surface area contributed by atoms with E-state index in [4.69, 9.17) is 5.26 Å². The van der Waals surface area contributed by atoms with Crippen molar-refractivity contribution >= 4 is 11.0 Å². The van der Waals surface area contributed by atoms with Crippen LogP contribution in [0.2, 0.25) is 0 Å². The van der Waals surface area contributed by atoms with Gasteiger partial charge in [0.15, 0.2) is 0 Å². The summed E-state index contributed by atoms with van der Waals surface area (Å²) in [5.74, 6) is 0.339. The zero-order valence-corrected chi connectivity index (χ0v) is 8.20. The van der Waals surface area contributed by atoms with Crippen LogP contribution < -0.4 is 0 Å². The van der Waals surface area contributed by atoms with Crippen molar-refractivity contribution in [2.75, 3.05) is 0 Å². The highest BCUT2D eigenvalue weighted by molar-refractivity contribution is 5.82. The maximum Gasteiger partial charge on any atom is 0.137 e. The van der Waals surface area contributed by atoms with E-state index < -0.39 is 0 Å². The Balaban J connectivity index is 2.84. The topological polar surface area (TPSA) is 52.5 Å². The van der Waals surface area contributed by atoms with Crippen LogP contribution in [0, 0.1) is 11.3 Å². The Kier molecular flexibility index (Phi) is 1.97. The molecular formula is C11H11N3. The Morgan fingerprint density at radius 1 is 1.50 bits per heavy atom. The monoisotopic (exact) mass is 185 g/mol. The van der Waals surface area contributed by atoms with Crippen molar-refractivity contribution in [2.24, 2.45) is 0 Å². The van der Waals surface area contributed by atoms with E-state index in [1.807, 2.05) is 12.3 Å². The predicted molar refractivity (Wildman–Crippen MR) is 54.9 cm³/mol. The molecule has 0 radical (unpaired) electrons. The fourth-order valence-electron chi connectivity index (χ4n) is 1.74. The van der Waals surface area contributed by atoms with Crippen LogP contribution in [-0.4, -0.2) is 9.97 Å². The minimum absolute atomic E-state index is 0.339. The average Bonchev–Trinajstić information content (AvgIpc) is 2.62. The second-order valence-electron chi connectivity index (χ2n) is 3.59. The van der Waals surface area contributed by atoms with Gasteiger partial charge in [0, 0.05) is 17.8 Å². The Morgan fingerprint density at radius 3 is 2.93 bits per heavy atom. The molecule has 0 amide bonds. The first kappa shape index (κ1) is 8.76. The van der Waals surface area contributed by atoms with E-state index in [1.165, 1.54) is 0 Å². The summed E-state index contributed by atoms with van der Waals surface area (Å²) in [6.07, 6.45) is 3.48. The molecule has 0 bridgehead atoms. The van der Waals surface area contributed by atoms with Crippen LogP contribution in [0.15, 0.2) is 18.5 Å². The van der Waals surface area contributed by atoms with Gasteiger partial charge in [0.1, 0.15) is 11.7 Å². The summed E-state index contributed by atoms with van der Waals surface area (Å²) in [5, 5.41) is 10.0. The maximum atomic E-state index is 8.96. The van der Waals surface area contributed by atoms with Crippen LogP contribution in [0.4, 0.5) is 0 Å². The number of pyridine rings is 1. The first-order chi connectivity index (χ1) is 6.74. The number of nitrogens with zero attached hydrogens (tertiary/aromatic N) is 2. The van der Waals surface area contributed by atoms with Crippen LogP contribution in [-0.2, 0) is 0 Å². The summed E-state index contributed by atoms with van der Waals surface area (Å²) >= 11 is 0. The molecule has 2 aromatic heterocycles. The normalized spacial score (nSPS) is 10.7. The minimum Gasteiger partial charge on any atom is -0.346 e. The van der Waals surface area contributed by atoms with Crippen molar-refractivity contribution in [2.45, 2.75) is 19.8 Å². The van der Waals surface area contributed by atoms with Crippen molar-refractivity contribution in [1.29, 1.82) is 5.26 Å². The van der Waals surface area contributed by atoms with E-state index >= 15 is 0 Å². The number of rotatable bonds is 1. The molecular weight excluding hydrogens is 174 g/mol. The molecule has 1 N–H and O–H groups in total. The van der Waals surface area contributed by atoms with Gasteiger partial charge in [-0.15, -0.1) is 0 Å². The summed E-state index contributed by atoms with van der Waals surface area (Å²) in [7, 11) is 0. The summed E-state index contributed by atoms with van der Waals surface area (Å²) in [6, 6.07) is 4.15. The van der Waals surface area contributed by atoms with Gasteiger partial charge < -0.3 is 4.98 Å². The number of nitrogens with one attached hydrogen (secondary N) is 1. The lowest BCUT2D eigenvalue weighted by Gasteiger charge is -2.08. The smallest absolute Gasteiger partial charge is 0.137 e. The lowest BCUT2D eigenvalue weighted by Crippen LogP contribution is -1.95. The summed E-state index contributed by atoms with van der Waals surface area (Å²) in [6.45, 7) is 4.17. The molecule has 0 saturated carbocycles. The fraction of sp³-hybridized carbons (Fsp3) is 0.273. The van der Waals surface area contributed by atoms with E-state index in [1.54, 1.807) is 6.20 Å². The van der Waals surface area contributed by atoms with Crippen LogP contribution >= 0.6 is 0 Å². The summed E-state index contributed by atoms with van der Waals surface area (Å²) < 4.78 is 0. The molecule has 3 nitrogen and oxygen atoms in total. The predicted octanol–water partition coefficient (Wildman–Crippen LogP) is 2.56. The SMILES string of the molecule is CC(C)c1c(C#N)cnc2[nH]ccc12. The zero-order valence-electron chi connectivity index (χ0n) is 8.20. The number of fused-ring (bicyclic) bond motifs is 1. The summed E-state index contributed by atoms with van der Waals surface area (Å²) in [5.41, 5.74) is 2.61. The van der Waals surface area contributed by atoms with Crippen LogP contribution in [0.3, 0.4) is 0 Å². The highest BCUT2D eigenvalue weighted by Gasteiger charge is 2.11. The van der Waals surface area contributed by atoms with E-state index in [9.17, 15) is 0 Å². The molecule has 2 heterocycles. The lowest BCUT2D eigenvalue weighted by molar-refractivity contribution is 0.870. The number of hydrogen-bond acceptors (Lipinski definition) is 2. The van der Waals surface area contributed by atoms with Crippen LogP contribution in [0.5, 0.6) is 0 Å². The standard InChI is InChI=1S/C11H11N3/c1-7(2)10-8(5-12)6-14-11-9(10)3-4-13-11/h3-4,6-7H,1-2H3,(H,13,14). The van der Waals surface area contributed by atoms with Crippen LogP contribution in [0.1, 0.15) is 30.9 Å². The van der Waals surface area contributed by atoms with Gasteiger partial charge in [-0.3, -0.25) is 0 Å². The lowest BCUT2D eigenvalue weighted by atomic mass is 9.97. The first-order valence-corrected chi connectivity index (χ1v) is 4.60. The molecule has 0 fully saturated rings. The summed E-state index contributed by atoms with van der Waals surface area (Å²) in [4.78, 5) is 7.22. The van der Waals surface area contributed by atoms with Crippen LogP contribution in [0.25, 0.3) is 11.0 Å². The fourth-order valence-corrected chi connectivity index (χ4v) is 1.74. The Morgan fingerprint density at radius 2 is 2.29 bits per heavy atom. The largest absolute Gasteiger partial charge is 0.346 e. The van der Waals surface area contributed by atoms with E-state index in [0.717, 1.165) is 16.6 Å². The van der Waals surface area contributed by atoms with Gasteiger partial charge in [0.2, 0.25) is 0 Å². The third-order valence-corrected chi connectivity index (χ3v) is 2.33. The second-order valence-corrected chi connectivity index (χ2v) is 3.59. The van der Waals surface area contributed by atoms with Crippen molar-refractivity contribution in [3.05, 3.63) is 29.6 Å². The average molecular weight is 185 g/mol. The molecule has 0 aliphatic rings. The molecule has 0 spiro atoms. The van der Waals surface area contributed by atoms with E-state index in [2.05, 4.69) is 29.9 Å². The Hall–Kier alpha value is -1.82. The van der Waals surface area contributed by atoms with Gasteiger partial charge >= 0.3 is 0 Å². The van der Waals surface area contributed by atoms with Crippen molar-refractivity contribution in [3.63, 3.8) is 0 Å². The molecule has 0 unspecified atom stereocenters. The molecule has 2 rings (SSSR count). The maximum absolute atomic E-state index is 8.96. The third-order valence-electron chi connectivity index (χ3n) is 2.33. The number of aromatic amines is 1. The highest BCUT2D eigenvalue weighted by atomic mass is 14.8. The third kappa shape index (κ3) is 1.16. The number of nitriles is 1. The second kappa shape index (κ2) is 3.15. The molecule has 0 atom stereocenters. The molecule has 70 valence electrons. The molecule has 14 heavy (non-hydrogen) atoms. The number of aromatic nitrogens is 2. The van der Waals surface area contributed by atoms with Gasteiger partial charge in [-0.05, 0) is 17.5 Å². The minimum atomic E-state index is 0.339. The number of H-pyrrole nitrogens is 1. The van der Waals surface area contributed by atoms with E-state index in [0.29, 0.717) is 11.5 Å². The van der Waals surface area contributed by atoms with Gasteiger partial charge in [0.25, 0.3) is 0 Å². The van der Waals surface area contributed by atoms with Crippen molar-refractivity contribution in [3.8, 4) is 6.07 Å². The van der Waals surface area contributed by atoms with Gasteiger partial charge in [-0.1, -0.05) is 13.8 Å². The zero-order chi connectivity index (χ0) is 10.1. The molecule has 0 aliphatic heterocycles. The van der Waals surface area contributed by atoms with Gasteiger partial charge in [0.05, 0.1) is 5.56 Å². The number of hydrogen-bond donors (Lipinski definition) is 1. The molecule has 0 aliphatic carbocycles. The Labute approximate surface area is 82.4 Å². The quantitative estimate of drug-likeness (QED) is 0.742. The molecule has 2 aromatic rings. The van der Waals surface area contributed by atoms with E-state index in [-0.39, 0.29) is 0 Å². The molecule has 0 aromatic carbocycles. The highest BCUT2D eigenvalue weighted by Crippen LogP contribution is 2.26. The first-order valence-electron chi connectivity index (χ1n) is 4.60.